The average Bonchev–Trinajstić information content (AvgIpc) is 2.68. The summed E-state index contributed by atoms with van der Waals surface area (Å²) in [5.41, 5.74) is 1.72. The van der Waals surface area contributed by atoms with Gasteiger partial charge in [-0.25, -0.2) is 0 Å². The van der Waals surface area contributed by atoms with Crippen LogP contribution in [-0.2, 0) is 0 Å². The third-order valence-corrected chi connectivity index (χ3v) is 4.60. The zero-order valence-corrected chi connectivity index (χ0v) is 15.0. The maximum Gasteiger partial charge on any atom is 0.261 e. The number of H-pyrrole nitrogens is 1. The number of aromatic nitrogens is 1. The molecule has 132 valence electrons. The molecule has 0 aliphatic carbocycles. The summed E-state index contributed by atoms with van der Waals surface area (Å²) in [4.78, 5) is 27.8. The molecule has 1 amide bonds. The van der Waals surface area contributed by atoms with Crippen molar-refractivity contribution in [3.8, 4) is 11.3 Å². The lowest BCUT2D eigenvalue weighted by atomic mass is 10.1. The third kappa shape index (κ3) is 3.48. The molecule has 1 heterocycles. The van der Waals surface area contributed by atoms with Crippen LogP contribution in [0.2, 0.25) is 5.02 Å². The Hall–Kier alpha value is -3.37. The third-order valence-electron chi connectivity index (χ3n) is 4.35. The molecular formula is C22H15ClN2O2. The minimum atomic E-state index is -0.449. The highest BCUT2D eigenvalue weighted by Crippen LogP contribution is 2.23. The molecule has 0 fully saturated rings. The van der Waals surface area contributed by atoms with Crippen molar-refractivity contribution in [3.63, 3.8) is 0 Å². The molecule has 2 N–H and O–H groups in total. The van der Waals surface area contributed by atoms with Crippen LogP contribution >= 0.6 is 11.6 Å². The van der Waals surface area contributed by atoms with Gasteiger partial charge in [0.05, 0.1) is 0 Å². The number of carbonyl (C=O) groups excluding carboxylic acids is 1. The molecule has 0 atom stereocenters. The first-order valence-corrected chi connectivity index (χ1v) is 8.78. The molecule has 4 aromatic rings. The molecule has 0 aliphatic heterocycles. The SMILES string of the molecule is O=C(Nc1cccc2ccccc12)c1ccc(-c2ccc(Cl)cc2)[nH]c1=O. The topological polar surface area (TPSA) is 62.0 Å². The standard InChI is InChI=1S/C22H15ClN2O2/c23-16-10-8-15(9-11-16)19-13-12-18(21(26)24-19)22(27)25-20-7-3-5-14-4-1-2-6-17(14)20/h1-13H,(H,24,26)(H,25,27). The number of benzene rings is 3. The fraction of sp³-hybridized carbons (Fsp3) is 0. The number of amides is 1. The van der Waals surface area contributed by atoms with Gasteiger partial charge in [0.15, 0.2) is 0 Å². The van der Waals surface area contributed by atoms with E-state index in [1.165, 1.54) is 6.07 Å². The van der Waals surface area contributed by atoms with Crippen molar-refractivity contribution >= 4 is 34.0 Å². The Balaban J connectivity index is 1.64. The van der Waals surface area contributed by atoms with Crippen molar-refractivity contribution in [2.45, 2.75) is 0 Å². The van der Waals surface area contributed by atoms with E-state index in [1.54, 1.807) is 18.2 Å². The summed E-state index contributed by atoms with van der Waals surface area (Å²) in [6.45, 7) is 0. The molecule has 0 radical (unpaired) electrons. The van der Waals surface area contributed by atoms with Crippen molar-refractivity contribution in [2.75, 3.05) is 5.32 Å². The van der Waals surface area contributed by atoms with Gasteiger partial charge >= 0.3 is 0 Å². The van der Waals surface area contributed by atoms with E-state index in [1.807, 2.05) is 54.6 Å². The van der Waals surface area contributed by atoms with Crippen LogP contribution in [0.3, 0.4) is 0 Å². The minimum Gasteiger partial charge on any atom is -0.321 e. The van der Waals surface area contributed by atoms with E-state index < -0.39 is 11.5 Å². The maximum absolute atomic E-state index is 12.6. The summed E-state index contributed by atoms with van der Waals surface area (Å²) >= 11 is 5.89. The van der Waals surface area contributed by atoms with Crippen LogP contribution in [0.1, 0.15) is 10.4 Å². The second kappa shape index (κ2) is 7.09. The Kier molecular flexibility index (Phi) is 4.48. The summed E-state index contributed by atoms with van der Waals surface area (Å²) in [5.74, 6) is -0.449. The lowest BCUT2D eigenvalue weighted by Crippen LogP contribution is -2.23. The van der Waals surface area contributed by atoms with Crippen molar-refractivity contribution in [2.24, 2.45) is 0 Å². The van der Waals surface area contributed by atoms with Gasteiger partial charge in [0.1, 0.15) is 5.56 Å². The number of halogens is 1. The van der Waals surface area contributed by atoms with Crippen molar-refractivity contribution < 1.29 is 4.79 Å². The van der Waals surface area contributed by atoms with Gasteiger partial charge in [-0.1, -0.05) is 60.1 Å². The zero-order valence-electron chi connectivity index (χ0n) is 14.2. The number of carbonyl (C=O) groups is 1. The molecule has 1 aromatic heterocycles. The van der Waals surface area contributed by atoms with Gasteiger partial charge in [0.25, 0.3) is 11.5 Å². The highest BCUT2D eigenvalue weighted by atomic mass is 35.5. The van der Waals surface area contributed by atoms with Crippen LogP contribution in [-0.4, -0.2) is 10.9 Å². The predicted molar refractivity (Wildman–Crippen MR) is 109 cm³/mol. The predicted octanol–water partition coefficient (Wildman–Crippen LogP) is 5.10. The maximum atomic E-state index is 12.6. The number of anilines is 1. The average molecular weight is 375 g/mol. The molecule has 0 aliphatic rings. The van der Waals surface area contributed by atoms with Gasteiger partial charge in [0, 0.05) is 21.8 Å². The normalized spacial score (nSPS) is 10.7. The number of rotatable bonds is 3. The molecule has 3 aromatic carbocycles. The summed E-state index contributed by atoms with van der Waals surface area (Å²) in [6.07, 6.45) is 0. The Morgan fingerprint density at radius 3 is 2.37 bits per heavy atom. The van der Waals surface area contributed by atoms with Gasteiger partial charge < -0.3 is 10.3 Å². The molecule has 0 spiro atoms. The first-order valence-electron chi connectivity index (χ1n) is 8.40. The highest BCUT2D eigenvalue weighted by molar-refractivity contribution is 6.30. The number of aromatic amines is 1. The lowest BCUT2D eigenvalue weighted by molar-refractivity contribution is 0.102. The molecular weight excluding hydrogens is 360 g/mol. The van der Waals surface area contributed by atoms with Crippen LogP contribution in [0.5, 0.6) is 0 Å². The smallest absolute Gasteiger partial charge is 0.261 e. The Bertz CT molecular complexity index is 1190. The number of pyridine rings is 1. The molecule has 5 heteroatoms. The van der Waals surface area contributed by atoms with Gasteiger partial charge in [0.2, 0.25) is 0 Å². The Morgan fingerprint density at radius 1 is 0.852 bits per heavy atom. The Labute approximate surface area is 160 Å². The van der Waals surface area contributed by atoms with Crippen LogP contribution in [0, 0.1) is 0 Å². The van der Waals surface area contributed by atoms with E-state index in [4.69, 9.17) is 11.6 Å². The Morgan fingerprint density at radius 2 is 1.59 bits per heavy atom. The summed E-state index contributed by atoms with van der Waals surface area (Å²) in [6, 6.07) is 23.8. The zero-order chi connectivity index (χ0) is 18.8. The second-order valence-corrected chi connectivity index (χ2v) is 6.54. The first kappa shape index (κ1) is 17.1. The molecule has 0 saturated carbocycles. The van der Waals surface area contributed by atoms with E-state index in [-0.39, 0.29) is 5.56 Å². The van der Waals surface area contributed by atoms with Crippen LogP contribution in [0.15, 0.2) is 83.7 Å². The van der Waals surface area contributed by atoms with E-state index in [0.29, 0.717) is 16.4 Å². The van der Waals surface area contributed by atoms with Gasteiger partial charge in [-0.15, -0.1) is 0 Å². The van der Waals surface area contributed by atoms with Crippen molar-refractivity contribution in [3.05, 3.63) is 99.8 Å². The summed E-state index contributed by atoms with van der Waals surface area (Å²) in [7, 11) is 0. The van der Waals surface area contributed by atoms with Gasteiger partial charge in [-0.05, 0) is 41.3 Å². The molecule has 0 bridgehead atoms. The van der Waals surface area contributed by atoms with Crippen molar-refractivity contribution in [1.29, 1.82) is 0 Å². The van der Waals surface area contributed by atoms with E-state index in [0.717, 1.165) is 16.3 Å². The monoisotopic (exact) mass is 374 g/mol. The largest absolute Gasteiger partial charge is 0.321 e. The fourth-order valence-corrected chi connectivity index (χ4v) is 3.10. The van der Waals surface area contributed by atoms with Crippen molar-refractivity contribution in [1.82, 2.24) is 4.98 Å². The van der Waals surface area contributed by atoms with E-state index >= 15 is 0 Å². The molecule has 0 unspecified atom stereocenters. The van der Waals surface area contributed by atoms with E-state index in [2.05, 4.69) is 10.3 Å². The number of nitrogens with one attached hydrogen (secondary N) is 2. The highest BCUT2D eigenvalue weighted by Gasteiger charge is 2.13. The van der Waals surface area contributed by atoms with Crippen LogP contribution in [0.25, 0.3) is 22.0 Å². The fourth-order valence-electron chi connectivity index (χ4n) is 2.97. The quantitative estimate of drug-likeness (QED) is 0.524. The lowest BCUT2D eigenvalue weighted by Gasteiger charge is -2.09. The number of hydrogen-bond donors (Lipinski definition) is 2. The number of hydrogen-bond acceptors (Lipinski definition) is 2. The molecule has 27 heavy (non-hydrogen) atoms. The summed E-state index contributed by atoms with van der Waals surface area (Å²) < 4.78 is 0. The molecule has 4 rings (SSSR count). The minimum absolute atomic E-state index is 0.0562. The number of fused-ring (bicyclic) bond motifs is 1. The molecule has 4 nitrogen and oxygen atoms in total. The van der Waals surface area contributed by atoms with Gasteiger partial charge in [-0.3, -0.25) is 9.59 Å². The summed E-state index contributed by atoms with van der Waals surface area (Å²) in [5, 5.41) is 5.39. The first-order chi connectivity index (χ1) is 13.1. The van der Waals surface area contributed by atoms with Crippen LogP contribution in [0.4, 0.5) is 5.69 Å². The second-order valence-electron chi connectivity index (χ2n) is 6.10. The van der Waals surface area contributed by atoms with Crippen LogP contribution < -0.4 is 10.9 Å². The van der Waals surface area contributed by atoms with E-state index in [9.17, 15) is 9.59 Å². The van der Waals surface area contributed by atoms with Gasteiger partial charge in [-0.2, -0.15) is 0 Å². The molecule has 0 saturated heterocycles.